The van der Waals surface area contributed by atoms with E-state index in [1.807, 2.05) is 75.4 Å². The predicted molar refractivity (Wildman–Crippen MR) is 320 cm³/mol. The summed E-state index contributed by atoms with van der Waals surface area (Å²) in [4.78, 5) is 80.4. The molecule has 4 aromatic carbocycles. The molecule has 0 spiro atoms. The van der Waals surface area contributed by atoms with E-state index in [1.54, 1.807) is 74.8 Å². The molecule has 20 nitrogen and oxygen atoms in total. The molecule has 6 aromatic rings. The Bertz CT molecular complexity index is 3540. The van der Waals surface area contributed by atoms with Gasteiger partial charge >= 0.3 is 11.8 Å². The number of methoxy groups -OCH3 is 1. The molecule has 4 aliphatic rings. The summed E-state index contributed by atoms with van der Waals surface area (Å²) in [5.74, 6) is 0.740. The van der Waals surface area contributed by atoms with Gasteiger partial charge in [0.15, 0.2) is 0 Å². The van der Waals surface area contributed by atoms with Crippen molar-refractivity contribution in [1.29, 1.82) is 0 Å². The molecule has 0 saturated carbocycles. The van der Waals surface area contributed by atoms with Gasteiger partial charge in [-0.3, -0.25) is 24.3 Å². The highest BCUT2D eigenvalue weighted by Crippen LogP contribution is 2.47. The Labute approximate surface area is 499 Å². The number of ether oxygens (including phenoxy) is 4. The van der Waals surface area contributed by atoms with Gasteiger partial charge in [0, 0.05) is 75.2 Å². The maximum atomic E-state index is 15.2. The number of carbonyl (C=O) groups excluding carboxylic acids is 4. The lowest BCUT2D eigenvalue weighted by Crippen LogP contribution is -2.56. The molecule has 3 atom stereocenters. The second-order valence-electron chi connectivity index (χ2n) is 21.9. The molecule has 0 radical (unpaired) electrons. The van der Waals surface area contributed by atoms with E-state index in [0.29, 0.717) is 81.1 Å². The van der Waals surface area contributed by atoms with Gasteiger partial charge in [0.05, 0.1) is 88.2 Å². The molecule has 4 aliphatic heterocycles. The van der Waals surface area contributed by atoms with Gasteiger partial charge in [0.25, 0.3) is 5.91 Å². The largest absolute Gasteiger partial charge is 0.497 e. The molecule has 10 rings (SSSR count). The Morgan fingerprint density at radius 3 is 2.38 bits per heavy atom. The smallest absolute Gasteiger partial charge is 0.326 e. The Morgan fingerprint density at radius 1 is 0.906 bits per heavy atom. The first-order chi connectivity index (χ1) is 41.0. The number of urea groups is 1. The zero-order chi connectivity index (χ0) is 60.1. The second kappa shape index (κ2) is 26.1. The average Bonchev–Trinajstić information content (AvgIpc) is 3.34. The summed E-state index contributed by atoms with van der Waals surface area (Å²) in [5.41, 5.74) is 13.2. The number of nitrogens with zero attached hydrogens (tertiary/aromatic N) is 11. The molecule has 2 saturated heterocycles. The number of likely N-dealkylation sites (N-methyl/N-ethyl adjacent to an activating group) is 1. The highest BCUT2D eigenvalue weighted by atomic mass is 35.5. The molecule has 2 bridgehead atoms. The maximum Gasteiger partial charge on any atom is 0.326 e. The fourth-order valence-electron chi connectivity index (χ4n) is 11.5. The Hall–Kier alpha value is -8.58. The van der Waals surface area contributed by atoms with Crippen molar-refractivity contribution >= 4 is 58.5 Å². The van der Waals surface area contributed by atoms with Gasteiger partial charge in [-0.2, -0.15) is 4.68 Å². The first-order valence-electron chi connectivity index (χ1n) is 28.6. The van der Waals surface area contributed by atoms with Crippen LogP contribution in [0.4, 0.5) is 26.5 Å². The number of benzene rings is 4. The molecule has 2 N–H and O–H groups in total. The fraction of sp³-hybridized carbons (Fsp3) is 0.397. The van der Waals surface area contributed by atoms with Crippen LogP contribution in [-0.4, -0.2) is 162 Å². The van der Waals surface area contributed by atoms with Gasteiger partial charge in [-0.25, -0.2) is 14.2 Å². The molecule has 2 aromatic heterocycles. The third-order valence-electron chi connectivity index (χ3n) is 15.9. The lowest BCUT2D eigenvalue weighted by molar-refractivity contribution is -0.135. The number of hydrogen-bond acceptors (Lipinski definition) is 13. The highest BCUT2D eigenvalue weighted by Gasteiger charge is 2.46. The summed E-state index contributed by atoms with van der Waals surface area (Å²) in [6.07, 6.45) is 2.98. The lowest BCUT2D eigenvalue weighted by Gasteiger charge is -2.38. The van der Waals surface area contributed by atoms with E-state index < -0.39 is 17.9 Å². The SMILES string of the molecule is [C-]#[N+]c1nn(CCN(C)C(=O)CCOCCOCCN2CCN(C(=O)N3C(c4ccc(OC)cc4OC(C)C)=N[C@@H](c4ccc(C)cc4)[C@H]3c3ccc(Cl)cc3)CC2=O)c2c1-c1cnc(N)c(c1)N1CCC[C@@H]1c1cc(F)ccc1C(=O)N(C)C2. The Balaban J connectivity index is 0.726. The van der Waals surface area contributed by atoms with Gasteiger partial charge in [-0.15, -0.1) is 0 Å². The normalized spacial score (nSPS) is 17.7. The summed E-state index contributed by atoms with van der Waals surface area (Å²) in [7, 11) is 4.93. The highest BCUT2D eigenvalue weighted by molar-refractivity contribution is 6.30. The first-order valence-corrected chi connectivity index (χ1v) is 28.9. The number of anilines is 2. The number of fused-ring (bicyclic) bond motifs is 8. The zero-order valence-corrected chi connectivity index (χ0v) is 49.4. The van der Waals surface area contributed by atoms with Crippen LogP contribution in [0, 0.1) is 19.3 Å². The summed E-state index contributed by atoms with van der Waals surface area (Å²) in [6, 6.07) is 25.3. The summed E-state index contributed by atoms with van der Waals surface area (Å²) in [5, 5.41) is 5.24. The van der Waals surface area contributed by atoms with E-state index in [4.69, 9.17) is 47.8 Å². The minimum Gasteiger partial charge on any atom is -0.497 e. The van der Waals surface area contributed by atoms with Crippen LogP contribution in [0.1, 0.15) is 95.1 Å². The number of nitrogens with two attached hydrogens (primary N) is 1. The van der Waals surface area contributed by atoms with Crippen LogP contribution in [0.25, 0.3) is 16.0 Å². The number of nitrogen functional groups attached to an aromatic ring is 1. The van der Waals surface area contributed by atoms with Crippen LogP contribution < -0.4 is 20.1 Å². The van der Waals surface area contributed by atoms with E-state index in [-0.39, 0.29) is 120 Å². The number of hydrogen-bond donors (Lipinski definition) is 1. The molecule has 85 heavy (non-hydrogen) atoms. The van der Waals surface area contributed by atoms with E-state index in [1.165, 1.54) is 18.2 Å². The van der Waals surface area contributed by atoms with Crippen LogP contribution in [0.3, 0.4) is 0 Å². The summed E-state index contributed by atoms with van der Waals surface area (Å²) >= 11 is 6.41. The number of aryl methyl sites for hydroxylation is 1. The number of amidine groups is 1. The van der Waals surface area contributed by atoms with Gasteiger partial charge < -0.3 is 54.0 Å². The number of halogens is 2. The van der Waals surface area contributed by atoms with Crippen LogP contribution in [0.5, 0.6) is 11.5 Å². The number of aromatic nitrogens is 3. The summed E-state index contributed by atoms with van der Waals surface area (Å²) < 4.78 is 40.1. The number of pyridine rings is 1. The van der Waals surface area contributed by atoms with Crippen molar-refractivity contribution in [3.63, 3.8) is 0 Å². The van der Waals surface area contributed by atoms with Gasteiger partial charge in [0.2, 0.25) is 11.8 Å². The molecular formula is C63H70ClFN12O8. The van der Waals surface area contributed by atoms with Crippen molar-refractivity contribution < 1.29 is 42.5 Å². The molecule has 2 fully saturated rings. The Morgan fingerprint density at radius 2 is 1.65 bits per heavy atom. The minimum absolute atomic E-state index is 0.0600. The number of aliphatic imine (C=N–C) groups is 1. The number of piperazine rings is 1. The first kappa shape index (κ1) is 59.6. The van der Waals surface area contributed by atoms with E-state index >= 15 is 4.79 Å². The number of rotatable bonds is 18. The molecule has 444 valence electrons. The van der Waals surface area contributed by atoms with E-state index in [0.717, 1.165) is 23.1 Å². The minimum atomic E-state index is -0.598. The van der Waals surface area contributed by atoms with Gasteiger partial charge in [0.1, 0.15) is 41.6 Å². The third kappa shape index (κ3) is 12.9. The fourth-order valence-corrected chi connectivity index (χ4v) is 11.6. The molecule has 5 amide bonds. The topological polar surface area (TPSA) is 198 Å². The van der Waals surface area contributed by atoms with Crippen LogP contribution in [0.2, 0.25) is 5.02 Å². The van der Waals surface area contributed by atoms with Crippen molar-refractivity contribution in [2.75, 3.05) is 97.5 Å². The van der Waals surface area contributed by atoms with E-state index in [9.17, 15) is 18.8 Å². The molecular weight excluding hydrogens is 1110 g/mol. The molecule has 6 heterocycles. The summed E-state index contributed by atoms with van der Waals surface area (Å²) in [6.45, 7) is 16.7. The lowest BCUT2D eigenvalue weighted by atomic mass is 9.93. The van der Waals surface area contributed by atoms with Gasteiger partial charge in [-0.05, 0) is 109 Å². The van der Waals surface area contributed by atoms with Crippen molar-refractivity contribution in [1.82, 2.24) is 39.3 Å². The van der Waals surface area contributed by atoms with Crippen LogP contribution in [0.15, 0.2) is 102 Å². The van der Waals surface area contributed by atoms with Crippen LogP contribution >= 0.6 is 11.6 Å². The van der Waals surface area contributed by atoms with Crippen molar-refractivity contribution in [2.24, 2.45) is 4.99 Å². The average molecular weight is 1180 g/mol. The third-order valence-corrected chi connectivity index (χ3v) is 16.2. The predicted octanol–water partition coefficient (Wildman–Crippen LogP) is 9.29. The zero-order valence-electron chi connectivity index (χ0n) is 48.7. The van der Waals surface area contributed by atoms with Crippen molar-refractivity contribution in [2.45, 2.75) is 77.4 Å². The molecule has 0 aliphatic carbocycles. The number of amides is 5. The molecule has 22 heteroatoms. The molecule has 0 unspecified atom stereocenters. The second-order valence-corrected chi connectivity index (χ2v) is 22.4. The Kier molecular flexibility index (Phi) is 18.3. The van der Waals surface area contributed by atoms with Crippen molar-refractivity contribution in [3.8, 4) is 22.6 Å². The van der Waals surface area contributed by atoms with Gasteiger partial charge in [-0.1, -0.05) is 60.1 Å². The standard InChI is InChI=1S/C63H70ClFN12O8/c1-39(2)85-53-35-46(82-7)19-21-48(53)61-69-57(41-12-10-40(3)11-13-41)58(42-14-16-44(64)17-15-42)77(61)63(81)74-26-25-73(55(79)38-74)28-30-84-32-31-83-29-22-54(78)71(5)24-27-76-52-37-72(6)62(80)47-20-18-45(65)34-49(47)50-9-8-23-75(50)51-33-43(36-68-59(51)66)56(52)60(67-4)70-76/h10-21,33-36,39,50,57-58H,8-9,22-32,37-38H2,1-3,5-7H3,(H2,66,68)/t50-,57+,58-/m1/s1. The maximum absolute atomic E-state index is 15.2. The quantitative estimate of drug-likeness (QED) is 0.0633. The van der Waals surface area contributed by atoms with E-state index in [2.05, 4.69) is 19.8 Å². The van der Waals surface area contributed by atoms with Crippen LogP contribution in [-0.2, 0) is 32.2 Å². The number of carbonyl (C=O) groups is 4. The van der Waals surface area contributed by atoms with Crippen molar-refractivity contribution in [3.05, 3.63) is 159 Å². The monoisotopic (exact) mass is 1180 g/mol.